The van der Waals surface area contributed by atoms with E-state index in [0.717, 1.165) is 23.3 Å². The molecule has 2 heterocycles. The Hall–Kier alpha value is -2.08. The topological polar surface area (TPSA) is 76.1 Å². The number of hydrogen-bond donors (Lipinski definition) is 1. The second-order valence-corrected chi connectivity index (χ2v) is 5.63. The van der Waals surface area contributed by atoms with Crippen LogP contribution in [0.1, 0.15) is 17.5 Å². The predicted molar refractivity (Wildman–Crippen MR) is 77.9 cm³/mol. The molecule has 0 aromatic heterocycles. The minimum absolute atomic E-state index is 0.0478. The zero-order chi connectivity index (χ0) is 15.5. The Morgan fingerprint density at radius 1 is 1.32 bits per heavy atom. The summed E-state index contributed by atoms with van der Waals surface area (Å²) < 4.78 is 10.8. The number of hydrogen-bond acceptors (Lipinski definition) is 4. The van der Waals surface area contributed by atoms with Crippen molar-refractivity contribution in [2.24, 2.45) is 0 Å². The zero-order valence-electron chi connectivity index (χ0n) is 12.3. The number of morpholine rings is 1. The molecule has 118 valence electrons. The molecule has 6 nitrogen and oxygen atoms in total. The largest absolute Gasteiger partial charge is 0.493 e. The Labute approximate surface area is 128 Å². The lowest BCUT2D eigenvalue weighted by molar-refractivity contribution is -0.145. The van der Waals surface area contributed by atoms with Gasteiger partial charge in [0.15, 0.2) is 0 Å². The number of aliphatic carboxylic acids is 1. The molecule has 1 atom stereocenters. The maximum Gasteiger partial charge on any atom is 0.305 e. The molecule has 1 unspecified atom stereocenters. The summed E-state index contributed by atoms with van der Waals surface area (Å²) in [5, 5.41) is 8.95. The number of amides is 1. The van der Waals surface area contributed by atoms with Gasteiger partial charge in [0.2, 0.25) is 5.91 Å². The van der Waals surface area contributed by atoms with Gasteiger partial charge in [0, 0.05) is 13.0 Å². The molecule has 0 aliphatic carbocycles. The second kappa shape index (κ2) is 6.36. The molecule has 2 aliphatic heterocycles. The molecular formula is C16H19NO5. The standard InChI is InChI=1S/C16H19NO5/c18-15(17-4-6-21-10-13(17)9-16(19)20)8-11-1-2-14-12(7-11)3-5-22-14/h1-2,7,13H,3-6,8-10H2,(H,19,20). The van der Waals surface area contributed by atoms with E-state index in [-0.39, 0.29) is 31.4 Å². The Morgan fingerprint density at radius 3 is 3.00 bits per heavy atom. The highest BCUT2D eigenvalue weighted by Crippen LogP contribution is 2.26. The van der Waals surface area contributed by atoms with Crippen LogP contribution in [0.3, 0.4) is 0 Å². The van der Waals surface area contributed by atoms with E-state index in [1.807, 2.05) is 18.2 Å². The summed E-state index contributed by atoms with van der Waals surface area (Å²) in [5.41, 5.74) is 2.07. The van der Waals surface area contributed by atoms with Gasteiger partial charge in [-0.25, -0.2) is 0 Å². The second-order valence-electron chi connectivity index (χ2n) is 5.63. The Balaban J connectivity index is 1.68. The molecule has 1 amide bonds. The van der Waals surface area contributed by atoms with E-state index in [9.17, 15) is 9.59 Å². The van der Waals surface area contributed by atoms with Crippen molar-refractivity contribution in [1.29, 1.82) is 0 Å². The molecule has 1 aromatic rings. The molecule has 0 spiro atoms. The quantitative estimate of drug-likeness (QED) is 0.893. The van der Waals surface area contributed by atoms with Crippen LogP contribution in [0.5, 0.6) is 5.75 Å². The number of fused-ring (bicyclic) bond motifs is 1. The average molecular weight is 305 g/mol. The number of nitrogens with zero attached hydrogens (tertiary/aromatic N) is 1. The fourth-order valence-electron chi connectivity index (χ4n) is 2.98. The van der Waals surface area contributed by atoms with Crippen molar-refractivity contribution in [1.82, 2.24) is 4.90 Å². The molecule has 6 heteroatoms. The number of carboxylic acid groups (broad SMARTS) is 1. The summed E-state index contributed by atoms with van der Waals surface area (Å²) in [5.74, 6) is -0.0669. The van der Waals surface area contributed by atoms with Crippen molar-refractivity contribution in [3.8, 4) is 5.75 Å². The molecule has 1 aromatic carbocycles. The van der Waals surface area contributed by atoms with Crippen LogP contribution < -0.4 is 4.74 Å². The minimum Gasteiger partial charge on any atom is -0.493 e. The van der Waals surface area contributed by atoms with Crippen molar-refractivity contribution in [3.05, 3.63) is 29.3 Å². The molecule has 22 heavy (non-hydrogen) atoms. The summed E-state index contributed by atoms with van der Waals surface area (Å²) in [6.45, 7) is 1.89. The van der Waals surface area contributed by atoms with Crippen LogP contribution in [0.25, 0.3) is 0 Å². The SMILES string of the molecule is O=C(O)CC1COCCN1C(=O)Cc1ccc2c(c1)CCO2. The first kappa shape index (κ1) is 14.8. The first-order valence-corrected chi connectivity index (χ1v) is 7.47. The minimum atomic E-state index is -0.914. The highest BCUT2D eigenvalue weighted by atomic mass is 16.5. The maximum absolute atomic E-state index is 12.5. The number of carboxylic acids is 1. The summed E-state index contributed by atoms with van der Waals surface area (Å²) >= 11 is 0. The van der Waals surface area contributed by atoms with Crippen molar-refractivity contribution in [2.45, 2.75) is 25.3 Å². The van der Waals surface area contributed by atoms with Crippen molar-refractivity contribution in [3.63, 3.8) is 0 Å². The van der Waals surface area contributed by atoms with E-state index in [4.69, 9.17) is 14.6 Å². The third-order valence-electron chi connectivity index (χ3n) is 4.07. The number of carbonyl (C=O) groups is 2. The number of rotatable bonds is 4. The predicted octanol–water partition coefficient (Wildman–Crippen LogP) is 0.866. The molecule has 1 N–H and O–H groups in total. The zero-order valence-corrected chi connectivity index (χ0v) is 12.3. The Morgan fingerprint density at radius 2 is 2.18 bits per heavy atom. The lowest BCUT2D eigenvalue weighted by Crippen LogP contribution is -2.50. The van der Waals surface area contributed by atoms with Crippen LogP contribution in [-0.4, -0.2) is 54.3 Å². The highest BCUT2D eigenvalue weighted by Gasteiger charge is 2.29. The van der Waals surface area contributed by atoms with Crippen LogP contribution in [0, 0.1) is 0 Å². The Kier molecular flexibility index (Phi) is 4.29. The highest BCUT2D eigenvalue weighted by molar-refractivity contribution is 5.80. The fraction of sp³-hybridized carbons (Fsp3) is 0.500. The molecule has 1 fully saturated rings. The van der Waals surface area contributed by atoms with Gasteiger partial charge in [-0.05, 0) is 17.2 Å². The van der Waals surface area contributed by atoms with Gasteiger partial charge in [0.05, 0.1) is 38.7 Å². The van der Waals surface area contributed by atoms with Crippen molar-refractivity contribution >= 4 is 11.9 Å². The van der Waals surface area contributed by atoms with Gasteiger partial charge in [-0.15, -0.1) is 0 Å². The molecule has 2 aliphatic rings. The van der Waals surface area contributed by atoms with Crippen molar-refractivity contribution < 1.29 is 24.2 Å². The molecule has 3 rings (SSSR count). The lowest BCUT2D eigenvalue weighted by Gasteiger charge is -2.35. The smallest absolute Gasteiger partial charge is 0.305 e. The van der Waals surface area contributed by atoms with Crippen LogP contribution in [-0.2, 0) is 27.2 Å². The number of benzene rings is 1. The van der Waals surface area contributed by atoms with Gasteiger partial charge < -0.3 is 19.5 Å². The van der Waals surface area contributed by atoms with Gasteiger partial charge in [-0.2, -0.15) is 0 Å². The van der Waals surface area contributed by atoms with E-state index in [1.54, 1.807) is 4.90 Å². The normalized spacial score (nSPS) is 20.4. The van der Waals surface area contributed by atoms with E-state index in [2.05, 4.69) is 0 Å². The van der Waals surface area contributed by atoms with Crippen LogP contribution in [0.4, 0.5) is 0 Å². The molecule has 0 radical (unpaired) electrons. The first-order chi connectivity index (χ1) is 10.6. The van der Waals surface area contributed by atoms with Gasteiger partial charge in [0.1, 0.15) is 5.75 Å². The van der Waals surface area contributed by atoms with Crippen molar-refractivity contribution in [2.75, 3.05) is 26.4 Å². The fourth-order valence-corrected chi connectivity index (χ4v) is 2.98. The van der Waals surface area contributed by atoms with Crippen LogP contribution in [0.15, 0.2) is 18.2 Å². The molecule has 0 saturated carbocycles. The van der Waals surface area contributed by atoms with E-state index in [0.29, 0.717) is 19.8 Å². The van der Waals surface area contributed by atoms with Crippen LogP contribution >= 0.6 is 0 Å². The Bertz CT molecular complexity index is 586. The molecule has 0 bridgehead atoms. The first-order valence-electron chi connectivity index (χ1n) is 7.47. The summed E-state index contributed by atoms with van der Waals surface area (Å²) in [6.07, 6.45) is 1.07. The average Bonchev–Trinajstić information content (AvgIpc) is 2.94. The van der Waals surface area contributed by atoms with Gasteiger partial charge >= 0.3 is 5.97 Å². The summed E-state index contributed by atoms with van der Waals surface area (Å²) in [6, 6.07) is 5.43. The monoisotopic (exact) mass is 305 g/mol. The lowest BCUT2D eigenvalue weighted by atomic mass is 10.0. The third-order valence-corrected chi connectivity index (χ3v) is 4.07. The van der Waals surface area contributed by atoms with E-state index >= 15 is 0 Å². The third kappa shape index (κ3) is 3.22. The molecular weight excluding hydrogens is 286 g/mol. The van der Waals surface area contributed by atoms with Gasteiger partial charge in [0.25, 0.3) is 0 Å². The van der Waals surface area contributed by atoms with Crippen LogP contribution in [0.2, 0.25) is 0 Å². The number of ether oxygens (including phenoxy) is 2. The molecule has 1 saturated heterocycles. The summed E-state index contributed by atoms with van der Waals surface area (Å²) in [4.78, 5) is 25.1. The number of carbonyl (C=O) groups excluding carboxylic acids is 1. The van der Waals surface area contributed by atoms with Gasteiger partial charge in [-0.3, -0.25) is 9.59 Å². The van der Waals surface area contributed by atoms with Gasteiger partial charge in [-0.1, -0.05) is 12.1 Å². The van der Waals surface area contributed by atoms with E-state index in [1.165, 1.54) is 0 Å². The summed E-state index contributed by atoms with van der Waals surface area (Å²) in [7, 11) is 0. The van der Waals surface area contributed by atoms with E-state index < -0.39 is 5.97 Å². The maximum atomic E-state index is 12.5.